The molecule has 1 unspecified atom stereocenters. The second-order valence-corrected chi connectivity index (χ2v) is 14.1. The van der Waals surface area contributed by atoms with Crippen LogP contribution in [0.3, 0.4) is 0 Å². The van der Waals surface area contributed by atoms with Crippen molar-refractivity contribution in [1.82, 2.24) is 9.80 Å². The Balaban J connectivity index is 1.85. The molecule has 0 aliphatic carbocycles. The number of nitrogens with two attached hydrogens (primary N) is 1. The van der Waals surface area contributed by atoms with Crippen molar-refractivity contribution in [2.45, 2.75) is 55.8 Å². The van der Waals surface area contributed by atoms with Crippen LogP contribution in [0.5, 0.6) is 5.75 Å². The summed E-state index contributed by atoms with van der Waals surface area (Å²) in [4.78, 5) is 41.7. The standard InChI is InChI=1S/C33H39F2N5O6S/c1-6-46-28-17-20(9-13-25(28)35)30(38-26-16-21(31(36)41)10-12-24(26)34)32(42)40-15-7-8-27(40)23-18-22(37-33(43)39(4)5)11-14-29(23)47(44,45)19(2)3/h9-14,16-19,27,30,38H,6-8,15H2,1-5H3,(H2,36,41)(H,37,43)/t27?,30-/m1/s1. The maximum absolute atomic E-state index is 15.1. The number of primary amides is 1. The molecule has 0 spiro atoms. The summed E-state index contributed by atoms with van der Waals surface area (Å²) >= 11 is 0. The van der Waals surface area contributed by atoms with E-state index in [0.717, 1.165) is 12.1 Å². The minimum Gasteiger partial charge on any atom is -0.491 e. The zero-order valence-electron chi connectivity index (χ0n) is 26.8. The molecular formula is C33H39F2N5O6S. The Labute approximate surface area is 273 Å². The lowest BCUT2D eigenvalue weighted by atomic mass is 10.0. The van der Waals surface area contributed by atoms with Crippen LogP contribution < -0.4 is 21.1 Å². The molecule has 4 N–H and O–H groups in total. The highest BCUT2D eigenvalue weighted by Gasteiger charge is 2.38. The number of halogens is 2. The lowest BCUT2D eigenvalue weighted by Gasteiger charge is -2.32. The van der Waals surface area contributed by atoms with Crippen LogP contribution in [0.2, 0.25) is 0 Å². The Morgan fingerprint density at radius 1 is 1.04 bits per heavy atom. The smallest absolute Gasteiger partial charge is 0.321 e. The van der Waals surface area contributed by atoms with E-state index in [1.165, 1.54) is 46.2 Å². The fourth-order valence-corrected chi connectivity index (χ4v) is 6.64. The molecule has 0 radical (unpaired) electrons. The van der Waals surface area contributed by atoms with Crippen molar-refractivity contribution in [2.75, 3.05) is 37.9 Å². The molecular weight excluding hydrogens is 632 g/mol. The van der Waals surface area contributed by atoms with E-state index in [9.17, 15) is 27.2 Å². The first-order valence-electron chi connectivity index (χ1n) is 15.1. The van der Waals surface area contributed by atoms with Crippen LogP contribution in [0.15, 0.2) is 59.5 Å². The third-order valence-electron chi connectivity index (χ3n) is 7.88. The van der Waals surface area contributed by atoms with Crippen molar-refractivity contribution >= 4 is 39.1 Å². The van der Waals surface area contributed by atoms with Gasteiger partial charge >= 0.3 is 6.03 Å². The lowest BCUT2D eigenvalue weighted by molar-refractivity contribution is -0.133. The lowest BCUT2D eigenvalue weighted by Crippen LogP contribution is -2.38. The monoisotopic (exact) mass is 671 g/mol. The average Bonchev–Trinajstić information content (AvgIpc) is 3.51. The van der Waals surface area contributed by atoms with Gasteiger partial charge in [-0.3, -0.25) is 9.59 Å². The molecule has 4 rings (SSSR count). The molecule has 1 saturated heterocycles. The van der Waals surface area contributed by atoms with Crippen LogP contribution in [0.1, 0.15) is 67.2 Å². The van der Waals surface area contributed by atoms with Gasteiger partial charge < -0.3 is 30.9 Å². The van der Waals surface area contributed by atoms with E-state index in [4.69, 9.17) is 10.5 Å². The summed E-state index contributed by atoms with van der Waals surface area (Å²) in [6.07, 6.45) is 0.904. The van der Waals surface area contributed by atoms with Gasteiger partial charge in [-0.1, -0.05) is 6.07 Å². The molecule has 1 fully saturated rings. The number of anilines is 2. The molecule has 3 aromatic carbocycles. The minimum absolute atomic E-state index is 0.00613. The Hall–Kier alpha value is -4.72. The number of carbonyl (C=O) groups excluding carboxylic acids is 3. The summed E-state index contributed by atoms with van der Waals surface area (Å²) in [6, 6.07) is 9.21. The summed E-state index contributed by atoms with van der Waals surface area (Å²) < 4.78 is 62.2. The number of hydrogen-bond donors (Lipinski definition) is 3. The van der Waals surface area contributed by atoms with Gasteiger partial charge in [0.2, 0.25) is 11.8 Å². The first kappa shape index (κ1) is 35.1. The number of rotatable bonds is 11. The number of likely N-dealkylation sites (tertiary alicyclic amines) is 1. The third-order valence-corrected chi connectivity index (χ3v) is 10.1. The van der Waals surface area contributed by atoms with Gasteiger partial charge in [-0.2, -0.15) is 0 Å². The normalized spacial score (nSPS) is 15.3. The van der Waals surface area contributed by atoms with Crippen molar-refractivity contribution in [3.05, 3.63) is 82.9 Å². The van der Waals surface area contributed by atoms with Gasteiger partial charge in [-0.15, -0.1) is 0 Å². The summed E-state index contributed by atoms with van der Waals surface area (Å²) in [5.41, 5.74) is 6.09. The Morgan fingerprint density at radius 2 is 1.74 bits per heavy atom. The molecule has 0 aromatic heterocycles. The fraction of sp³-hybridized carbons (Fsp3) is 0.364. The summed E-state index contributed by atoms with van der Waals surface area (Å²) in [7, 11) is -0.716. The molecule has 1 aliphatic heterocycles. The number of sulfone groups is 1. The number of hydrogen-bond acceptors (Lipinski definition) is 7. The van der Waals surface area contributed by atoms with Gasteiger partial charge in [-0.25, -0.2) is 22.0 Å². The van der Waals surface area contributed by atoms with Gasteiger partial charge in [0, 0.05) is 31.9 Å². The number of carbonyl (C=O) groups is 3. The number of amides is 4. The topological polar surface area (TPSA) is 151 Å². The first-order chi connectivity index (χ1) is 22.1. The van der Waals surface area contributed by atoms with E-state index < -0.39 is 56.7 Å². The van der Waals surface area contributed by atoms with Crippen LogP contribution in [-0.4, -0.2) is 68.6 Å². The predicted molar refractivity (Wildman–Crippen MR) is 174 cm³/mol. The van der Waals surface area contributed by atoms with Crippen LogP contribution in [-0.2, 0) is 14.6 Å². The fourth-order valence-electron chi connectivity index (χ4n) is 5.35. The number of nitrogens with one attached hydrogen (secondary N) is 2. The van der Waals surface area contributed by atoms with Gasteiger partial charge in [0.1, 0.15) is 11.9 Å². The first-order valence-corrected chi connectivity index (χ1v) is 16.6. The Morgan fingerprint density at radius 3 is 2.38 bits per heavy atom. The largest absolute Gasteiger partial charge is 0.491 e. The Kier molecular flexibility index (Phi) is 10.7. The molecule has 252 valence electrons. The van der Waals surface area contributed by atoms with Gasteiger partial charge in [0.05, 0.1) is 28.5 Å². The van der Waals surface area contributed by atoms with Gasteiger partial charge in [0.15, 0.2) is 21.4 Å². The van der Waals surface area contributed by atoms with Gasteiger partial charge in [0.25, 0.3) is 0 Å². The highest BCUT2D eigenvalue weighted by molar-refractivity contribution is 7.92. The number of benzene rings is 3. The summed E-state index contributed by atoms with van der Waals surface area (Å²) in [6.45, 7) is 5.14. The molecule has 14 heteroatoms. The average molecular weight is 672 g/mol. The summed E-state index contributed by atoms with van der Waals surface area (Å²) in [5.74, 6) is -2.93. The third kappa shape index (κ3) is 7.64. The Bertz CT molecular complexity index is 1780. The van der Waals surface area contributed by atoms with Crippen LogP contribution in [0, 0.1) is 11.6 Å². The maximum Gasteiger partial charge on any atom is 0.321 e. The molecule has 1 aliphatic rings. The van der Waals surface area contributed by atoms with Crippen molar-refractivity contribution in [3.63, 3.8) is 0 Å². The zero-order valence-corrected chi connectivity index (χ0v) is 27.7. The minimum atomic E-state index is -3.84. The molecule has 0 saturated carbocycles. The number of urea groups is 1. The predicted octanol–water partition coefficient (Wildman–Crippen LogP) is 5.25. The second kappa shape index (κ2) is 14.4. The molecule has 4 amide bonds. The highest BCUT2D eigenvalue weighted by atomic mass is 32.2. The van der Waals surface area contributed by atoms with Crippen molar-refractivity contribution in [3.8, 4) is 5.75 Å². The molecule has 11 nitrogen and oxygen atoms in total. The second-order valence-electron chi connectivity index (χ2n) is 11.6. The zero-order chi connectivity index (χ0) is 34.6. The van der Waals surface area contributed by atoms with Crippen LogP contribution in [0.4, 0.5) is 25.0 Å². The number of ether oxygens (including phenoxy) is 1. The summed E-state index contributed by atoms with van der Waals surface area (Å²) in [5, 5.41) is 4.83. The van der Waals surface area contributed by atoms with Crippen molar-refractivity contribution in [1.29, 1.82) is 0 Å². The molecule has 0 bridgehead atoms. The maximum atomic E-state index is 15.1. The van der Waals surface area contributed by atoms with E-state index in [1.54, 1.807) is 40.9 Å². The SMILES string of the molecule is CCOc1cc([C@@H](Nc2cc(C(N)=O)ccc2F)C(=O)N2CCCC2c2cc(NC(=O)N(C)C)ccc2S(=O)(=O)C(C)C)ccc1F. The quantitative estimate of drug-likeness (QED) is 0.252. The van der Waals surface area contributed by atoms with Crippen LogP contribution in [0.25, 0.3) is 0 Å². The van der Waals surface area contributed by atoms with Gasteiger partial charge in [-0.05, 0) is 93.3 Å². The van der Waals surface area contributed by atoms with E-state index >= 15 is 4.39 Å². The molecule has 2 atom stereocenters. The van der Waals surface area contributed by atoms with E-state index in [-0.39, 0.29) is 40.6 Å². The van der Waals surface area contributed by atoms with E-state index in [1.807, 2.05) is 0 Å². The van der Waals surface area contributed by atoms with Crippen LogP contribution >= 0.6 is 0 Å². The molecule has 3 aromatic rings. The van der Waals surface area contributed by atoms with E-state index in [2.05, 4.69) is 10.6 Å². The van der Waals surface area contributed by atoms with Crippen molar-refractivity contribution < 1.29 is 36.3 Å². The van der Waals surface area contributed by atoms with Crippen molar-refractivity contribution in [2.24, 2.45) is 5.73 Å². The highest BCUT2D eigenvalue weighted by Crippen LogP contribution is 2.40. The number of nitrogens with zero attached hydrogens (tertiary/aromatic N) is 2. The van der Waals surface area contributed by atoms with E-state index in [0.29, 0.717) is 24.1 Å². The molecule has 1 heterocycles. The molecule has 47 heavy (non-hydrogen) atoms.